The molecule has 0 saturated carbocycles. The molecule has 1 rings (SSSR count). The van der Waals surface area contributed by atoms with Crippen LogP contribution in [-0.2, 0) is 14.1 Å². The molecule has 1 aliphatic rings. The Bertz CT molecular complexity index is 384. The van der Waals surface area contributed by atoms with Crippen LogP contribution in [0.3, 0.4) is 0 Å². The van der Waals surface area contributed by atoms with E-state index in [2.05, 4.69) is 5.32 Å². The van der Waals surface area contributed by atoms with Gasteiger partial charge < -0.3 is 19.8 Å². The third-order valence-corrected chi connectivity index (χ3v) is 2.90. The highest BCUT2D eigenvalue weighted by Crippen LogP contribution is 2.44. The molecule has 1 unspecified atom stereocenters. The Morgan fingerprint density at radius 3 is 2.41 bits per heavy atom. The van der Waals surface area contributed by atoms with Crippen LogP contribution in [0.5, 0.6) is 0 Å². The first kappa shape index (κ1) is 14.0. The van der Waals surface area contributed by atoms with Gasteiger partial charge in [0, 0.05) is 0 Å². The van der Waals surface area contributed by atoms with Crippen LogP contribution in [0.2, 0.25) is 0 Å². The number of carbonyl (C=O) groups is 2. The molecule has 0 radical (unpaired) electrons. The molecule has 98 valence electrons. The summed E-state index contributed by atoms with van der Waals surface area (Å²) in [6.07, 6.45) is -0.791. The van der Waals surface area contributed by atoms with Gasteiger partial charge in [0.15, 0.2) is 0 Å². The third-order valence-electron chi connectivity index (χ3n) is 1.91. The van der Waals surface area contributed by atoms with Gasteiger partial charge in [0.1, 0.15) is 11.6 Å². The van der Waals surface area contributed by atoms with Crippen molar-refractivity contribution in [2.45, 2.75) is 32.4 Å². The van der Waals surface area contributed by atoms with Gasteiger partial charge >= 0.3 is 13.8 Å². The lowest BCUT2D eigenvalue weighted by molar-refractivity contribution is -0.138. The highest BCUT2D eigenvalue weighted by Gasteiger charge is 2.47. The van der Waals surface area contributed by atoms with Crippen molar-refractivity contribution in [3.05, 3.63) is 0 Å². The van der Waals surface area contributed by atoms with E-state index < -0.39 is 31.4 Å². The van der Waals surface area contributed by atoms with Crippen LogP contribution in [0.25, 0.3) is 0 Å². The topological polar surface area (TPSA) is 116 Å². The molecule has 0 aromatic rings. The smallest absolute Gasteiger partial charge is 0.432 e. The lowest BCUT2D eigenvalue weighted by Crippen LogP contribution is -2.62. The van der Waals surface area contributed by atoms with E-state index in [0.717, 1.165) is 0 Å². The van der Waals surface area contributed by atoms with Crippen molar-refractivity contribution in [3.63, 3.8) is 0 Å². The van der Waals surface area contributed by atoms with Crippen LogP contribution in [0.15, 0.2) is 0 Å². The fraction of sp³-hybridized carbons (Fsp3) is 0.750. The van der Waals surface area contributed by atoms with Crippen LogP contribution >= 0.6 is 7.75 Å². The minimum atomic E-state index is -4.56. The zero-order chi connectivity index (χ0) is 13.4. The Balaban J connectivity index is 2.46. The van der Waals surface area contributed by atoms with E-state index >= 15 is 0 Å². The number of nitrogens with one attached hydrogen (secondary N) is 1. The minimum Gasteiger partial charge on any atom is -0.444 e. The highest BCUT2D eigenvalue weighted by molar-refractivity contribution is 7.50. The van der Waals surface area contributed by atoms with Crippen molar-refractivity contribution in [2.24, 2.45) is 0 Å². The molecule has 17 heavy (non-hydrogen) atoms. The Morgan fingerprint density at radius 2 is 2.06 bits per heavy atom. The summed E-state index contributed by atoms with van der Waals surface area (Å²) in [5, 5.41) is 2.23. The molecule has 0 bridgehead atoms. The largest absolute Gasteiger partial charge is 0.444 e. The molecular weight excluding hydrogens is 251 g/mol. The van der Waals surface area contributed by atoms with Gasteiger partial charge in [-0.2, -0.15) is 0 Å². The van der Waals surface area contributed by atoms with E-state index in [4.69, 9.17) is 14.5 Å². The van der Waals surface area contributed by atoms with Crippen LogP contribution in [0.4, 0.5) is 4.79 Å². The number of ether oxygens (including phenoxy) is 1. The summed E-state index contributed by atoms with van der Waals surface area (Å²) in [6.45, 7) is 4.77. The molecule has 0 spiro atoms. The van der Waals surface area contributed by atoms with Crippen LogP contribution in [0.1, 0.15) is 20.8 Å². The number of hydrogen-bond donors (Lipinski definition) is 3. The second-order valence-corrected chi connectivity index (χ2v) is 6.14. The molecule has 0 aliphatic carbocycles. The van der Waals surface area contributed by atoms with E-state index in [-0.39, 0.29) is 6.54 Å². The molecule has 9 heteroatoms. The number of nitrogens with zero attached hydrogens (tertiary/aromatic N) is 1. The molecule has 1 atom stereocenters. The zero-order valence-corrected chi connectivity index (χ0v) is 10.6. The second-order valence-electron chi connectivity index (χ2n) is 4.63. The number of amides is 2. The molecule has 1 saturated heterocycles. The molecule has 0 aromatic carbocycles. The monoisotopic (exact) mass is 266 g/mol. The average Bonchev–Trinajstić information content (AvgIpc) is 2.05. The first-order valence-electron chi connectivity index (χ1n) is 4.87. The highest BCUT2D eigenvalue weighted by atomic mass is 31.2. The van der Waals surface area contributed by atoms with Crippen molar-refractivity contribution in [1.82, 2.24) is 9.99 Å². The molecule has 1 fully saturated rings. The van der Waals surface area contributed by atoms with E-state index in [9.17, 15) is 14.2 Å². The normalized spacial score (nSPS) is 20.9. The number of β-lactam (4-membered cyclic amide) rings is 1. The lowest BCUT2D eigenvalue weighted by atomic mass is 10.1. The minimum absolute atomic E-state index is 0.220. The third kappa shape index (κ3) is 3.69. The van der Waals surface area contributed by atoms with Crippen LogP contribution < -0.4 is 5.32 Å². The van der Waals surface area contributed by atoms with Crippen molar-refractivity contribution in [3.8, 4) is 0 Å². The molecule has 2 amide bonds. The van der Waals surface area contributed by atoms with E-state index in [1.54, 1.807) is 20.8 Å². The summed E-state index contributed by atoms with van der Waals surface area (Å²) in [5.41, 5.74) is -0.695. The molecule has 3 N–H and O–H groups in total. The quantitative estimate of drug-likeness (QED) is 0.471. The van der Waals surface area contributed by atoms with Crippen molar-refractivity contribution in [1.29, 1.82) is 0 Å². The molecular formula is C8H15N2O6P. The standard InChI is InChI=1S/C8H15N2O6P/c1-8(2,3)16-7(12)9-5-4-10(6(5)11)17(13,14)15/h5H,4H2,1-3H3,(H,9,12)(H2,13,14,15). The van der Waals surface area contributed by atoms with Gasteiger partial charge in [-0.15, -0.1) is 0 Å². The summed E-state index contributed by atoms with van der Waals surface area (Å²) < 4.78 is 16.0. The van der Waals surface area contributed by atoms with Gasteiger partial charge in [-0.3, -0.25) is 4.79 Å². The van der Waals surface area contributed by atoms with E-state index in [0.29, 0.717) is 4.67 Å². The van der Waals surface area contributed by atoms with E-state index in [1.807, 2.05) is 0 Å². The van der Waals surface area contributed by atoms with Gasteiger partial charge in [-0.25, -0.2) is 14.0 Å². The average molecular weight is 266 g/mol. The van der Waals surface area contributed by atoms with Crippen molar-refractivity contribution < 1.29 is 28.7 Å². The second kappa shape index (κ2) is 4.29. The maximum atomic E-state index is 11.3. The Morgan fingerprint density at radius 1 is 1.53 bits per heavy atom. The van der Waals surface area contributed by atoms with Gasteiger partial charge in [-0.05, 0) is 20.8 Å². The Labute approximate surface area is 98.1 Å². The molecule has 1 aliphatic heterocycles. The summed E-state index contributed by atoms with van der Waals surface area (Å²) in [7, 11) is -4.56. The first-order valence-corrected chi connectivity index (χ1v) is 6.44. The summed E-state index contributed by atoms with van der Waals surface area (Å²) in [5.74, 6) is -0.816. The van der Waals surface area contributed by atoms with Gasteiger partial charge in [0.2, 0.25) is 0 Å². The number of hydrogen-bond acceptors (Lipinski definition) is 4. The number of carbonyl (C=O) groups excluding carboxylic acids is 2. The van der Waals surface area contributed by atoms with Gasteiger partial charge in [0.05, 0.1) is 6.54 Å². The van der Waals surface area contributed by atoms with E-state index in [1.165, 1.54) is 0 Å². The summed E-state index contributed by atoms with van der Waals surface area (Å²) >= 11 is 0. The Hall–Kier alpha value is -1.11. The number of alkyl carbamates (subject to hydrolysis) is 1. The molecule has 8 nitrogen and oxygen atoms in total. The fourth-order valence-corrected chi connectivity index (χ4v) is 1.97. The fourth-order valence-electron chi connectivity index (χ4n) is 1.20. The van der Waals surface area contributed by atoms with Gasteiger partial charge in [0.25, 0.3) is 5.91 Å². The van der Waals surface area contributed by atoms with Crippen molar-refractivity contribution >= 4 is 19.7 Å². The Kier molecular flexibility index (Phi) is 3.52. The van der Waals surface area contributed by atoms with Crippen molar-refractivity contribution in [2.75, 3.05) is 6.54 Å². The summed E-state index contributed by atoms with van der Waals surface area (Å²) in [4.78, 5) is 40.0. The van der Waals surface area contributed by atoms with Crippen LogP contribution in [-0.4, -0.2) is 44.6 Å². The van der Waals surface area contributed by atoms with Gasteiger partial charge in [-0.1, -0.05) is 0 Å². The maximum Gasteiger partial charge on any atom is 0.432 e. The molecule has 1 heterocycles. The summed E-state index contributed by atoms with van der Waals surface area (Å²) in [6, 6.07) is -0.933. The predicted molar refractivity (Wildman–Crippen MR) is 56.9 cm³/mol. The first-order chi connectivity index (χ1) is 7.50. The van der Waals surface area contributed by atoms with Crippen LogP contribution in [0, 0.1) is 0 Å². The number of rotatable bonds is 2. The zero-order valence-electron chi connectivity index (χ0n) is 9.71. The molecule has 0 aromatic heterocycles. The lowest BCUT2D eigenvalue weighted by Gasteiger charge is -2.38. The predicted octanol–water partition coefficient (Wildman–Crippen LogP) is -0.185. The maximum absolute atomic E-state index is 11.3. The SMILES string of the molecule is CC(C)(C)OC(=O)NC1CN(P(=O)(O)O)C1=O.